The van der Waals surface area contributed by atoms with Crippen LogP contribution in [-0.2, 0) is 21.1 Å². The lowest BCUT2D eigenvalue weighted by molar-refractivity contribution is -0.127. The number of rotatable bonds is 5. The molecule has 0 bridgehead atoms. The molecule has 2 aliphatic rings. The molecule has 0 saturated heterocycles. The van der Waals surface area contributed by atoms with Gasteiger partial charge >= 0.3 is 0 Å². The number of carbonyl (C=O) groups is 1. The van der Waals surface area contributed by atoms with E-state index >= 15 is 0 Å². The van der Waals surface area contributed by atoms with E-state index in [0.717, 1.165) is 19.3 Å². The Morgan fingerprint density at radius 3 is 2.61 bits per heavy atom. The minimum absolute atomic E-state index is 0.0340. The van der Waals surface area contributed by atoms with E-state index in [1.807, 2.05) is 0 Å². The molecule has 3 N–H and O–H groups in total. The van der Waals surface area contributed by atoms with Gasteiger partial charge in [-0.15, -0.1) is 0 Å². The van der Waals surface area contributed by atoms with Crippen LogP contribution in [0.1, 0.15) is 38.2 Å². The van der Waals surface area contributed by atoms with Crippen molar-refractivity contribution in [1.29, 1.82) is 0 Å². The summed E-state index contributed by atoms with van der Waals surface area (Å²) in [5, 5.41) is 3.07. The predicted molar refractivity (Wildman–Crippen MR) is 88.7 cm³/mol. The van der Waals surface area contributed by atoms with Gasteiger partial charge in [0.1, 0.15) is 0 Å². The van der Waals surface area contributed by atoms with Crippen LogP contribution in [-0.4, -0.2) is 32.2 Å². The molecule has 1 spiro atoms. The molecule has 126 valence electrons. The fourth-order valence-electron chi connectivity index (χ4n) is 3.86. The summed E-state index contributed by atoms with van der Waals surface area (Å²) in [4.78, 5) is 12.6. The van der Waals surface area contributed by atoms with Gasteiger partial charge in [-0.25, -0.2) is 8.42 Å². The molecule has 0 radical (unpaired) electrons. The quantitative estimate of drug-likeness (QED) is 0.851. The second-order valence-corrected chi connectivity index (χ2v) is 8.98. The Hall–Kier alpha value is -1.40. The van der Waals surface area contributed by atoms with E-state index in [9.17, 15) is 13.2 Å². The van der Waals surface area contributed by atoms with Crippen LogP contribution in [0.5, 0.6) is 0 Å². The number of nitrogens with two attached hydrogens (primary N) is 1. The number of hydrogen-bond acceptors (Lipinski definition) is 4. The van der Waals surface area contributed by atoms with E-state index in [0.29, 0.717) is 5.56 Å². The number of sulfone groups is 1. The van der Waals surface area contributed by atoms with E-state index in [4.69, 9.17) is 5.73 Å². The minimum atomic E-state index is -3.32. The second kappa shape index (κ2) is 5.91. The maximum absolute atomic E-state index is 12.4. The number of benzene rings is 1. The Kier molecular flexibility index (Phi) is 4.23. The number of carbonyl (C=O) groups excluding carboxylic acids is 1. The highest BCUT2D eigenvalue weighted by molar-refractivity contribution is 7.91. The van der Waals surface area contributed by atoms with Gasteiger partial charge < -0.3 is 11.1 Å². The lowest BCUT2D eigenvalue weighted by Crippen LogP contribution is -2.70. The maximum atomic E-state index is 12.4. The number of hydrogen-bond donors (Lipinski definition) is 2. The van der Waals surface area contributed by atoms with Crippen molar-refractivity contribution < 1.29 is 13.2 Å². The second-order valence-electron chi connectivity index (χ2n) is 6.74. The summed E-state index contributed by atoms with van der Waals surface area (Å²) in [5.41, 5.74) is 6.78. The molecular formula is C17H24N2O3S. The summed E-state index contributed by atoms with van der Waals surface area (Å²) < 4.78 is 24.3. The first-order chi connectivity index (χ1) is 10.9. The summed E-state index contributed by atoms with van der Waals surface area (Å²) in [6.07, 6.45) is 4.26. The third kappa shape index (κ3) is 2.78. The average molecular weight is 336 g/mol. The van der Waals surface area contributed by atoms with Crippen LogP contribution in [0.15, 0.2) is 29.2 Å². The molecule has 1 aromatic carbocycles. The topological polar surface area (TPSA) is 89.3 Å². The van der Waals surface area contributed by atoms with Gasteiger partial charge in [-0.1, -0.05) is 31.5 Å². The average Bonchev–Trinajstić information content (AvgIpc) is 2.45. The van der Waals surface area contributed by atoms with Gasteiger partial charge in [0.05, 0.1) is 17.1 Å². The van der Waals surface area contributed by atoms with Crippen LogP contribution in [0.2, 0.25) is 0 Å². The first-order valence-electron chi connectivity index (χ1n) is 8.24. The zero-order chi connectivity index (χ0) is 16.7. The van der Waals surface area contributed by atoms with Crippen LogP contribution in [0.25, 0.3) is 0 Å². The molecule has 2 atom stereocenters. The fourth-order valence-corrected chi connectivity index (χ4v) is 4.99. The highest BCUT2D eigenvalue weighted by Crippen LogP contribution is 2.55. The lowest BCUT2D eigenvalue weighted by atomic mass is 9.50. The van der Waals surface area contributed by atoms with Crippen molar-refractivity contribution >= 4 is 15.7 Å². The van der Waals surface area contributed by atoms with Crippen LogP contribution in [0.4, 0.5) is 0 Å². The Morgan fingerprint density at radius 1 is 1.35 bits per heavy atom. The normalized spacial score (nSPS) is 25.5. The maximum Gasteiger partial charge on any atom is 0.224 e. The molecule has 5 nitrogen and oxygen atoms in total. The van der Waals surface area contributed by atoms with Crippen LogP contribution >= 0.6 is 0 Å². The molecule has 0 aliphatic heterocycles. The van der Waals surface area contributed by atoms with Gasteiger partial charge in [-0.2, -0.15) is 0 Å². The number of nitrogens with one attached hydrogen (secondary N) is 1. The molecule has 0 aromatic heterocycles. The van der Waals surface area contributed by atoms with Crippen molar-refractivity contribution in [2.75, 3.05) is 5.75 Å². The zero-order valence-electron chi connectivity index (χ0n) is 13.4. The summed E-state index contributed by atoms with van der Waals surface area (Å²) >= 11 is 0. The molecule has 1 aromatic rings. The molecule has 1 amide bonds. The smallest absolute Gasteiger partial charge is 0.224 e. The molecule has 2 saturated carbocycles. The number of amides is 1. The molecule has 23 heavy (non-hydrogen) atoms. The van der Waals surface area contributed by atoms with E-state index in [1.54, 1.807) is 31.2 Å². The van der Waals surface area contributed by atoms with Gasteiger partial charge in [-0.3, -0.25) is 4.79 Å². The SMILES string of the molecule is CCS(=O)(=O)c1ccccc1CC(=O)NC1CC(N)C12CCC2. The first kappa shape index (κ1) is 16.5. The van der Waals surface area contributed by atoms with Crippen molar-refractivity contribution in [2.24, 2.45) is 11.1 Å². The lowest BCUT2D eigenvalue weighted by Gasteiger charge is -2.60. The summed E-state index contributed by atoms with van der Waals surface area (Å²) in [6.45, 7) is 1.61. The van der Waals surface area contributed by atoms with Crippen molar-refractivity contribution in [3.63, 3.8) is 0 Å². The van der Waals surface area contributed by atoms with Gasteiger partial charge in [0, 0.05) is 17.5 Å². The predicted octanol–water partition coefficient (Wildman–Crippen LogP) is 1.41. The first-order valence-corrected chi connectivity index (χ1v) is 9.90. The van der Waals surface area contributed by atoms with Crippen LogP contribution in [0, 0.1) is 5.41 Å². The Labute approximate surface area is 137 Å². The molecule has 3 rings (SSSR count). The molecule has 2 aliphatic carbocycles. The van der Waals surface area contributed by atoms with Crippen molar-refractivity contribution in [3.8, 4) is 0 Å². The third-order valence-corrected chi connectivity index (χ3v) is 7.41. The van der Waals surface area contributed by atoms with Gasteiger partial charge in [0.15, 0.2) is 9.84 Å². The molecule has 2 unspecified atom stereocenters. The summed E-state index contributed by atoms with van der Waals surface area (Å²) in [6, 6.07) is 7.09. The van der Waals surface area contributed by atoms with Crippen molar-refractivity contribution in [3.05, 3.63) is 29.8 Å². The Morgan fingerprint density at radius 2 is 2.04 bits per heavy atom. The Balaban J connectivity index is 1.70. The minimum Gasteiger partial charge on any atom is -0.352 e. The third-order valence-electron chi connectivity index (χ3n) is 5.58. The fraction of sp³-hybridized carbons (Fsp3) is 0.588. The standard InChI is InChI=1S/C17H24N2O3S/c1-2-23(21,22)13-7-4-3-6-12(13)10-16(20)19-15-11-14(18)17(15)8-5-9-17/h3-4,6-7,14-15H,2,5,8-11,18H2,1H3,(H,19,20). The van der Waals surface area contributed by atoms with E-state index in [-0.39, 0.29) is 40.5 Å². The van der Waals surface area contributed by atoms with Crippen LogP contribution in [0.3, 0.4) is 0 Å². The molecular weight excluding hydrogens is 312 g/mol. The summed E-state index contributed by atoms with van der Waals surface area (Å²) in [5.74, 6) is -0.0846. The summed E-state index contributed by atoms with van der Waals surface area (Å²) in [7, 11) is -3.32. The molecule has 6 heteroatoms. The highest BCUT2D eigenvalue weighted by atomic mass is 32.2. The zero-order valence-corrected chi connectivity index (χ0v) is 14.2. The van der Waals surface area contributed by atoms with Gasteiger partial charge in [0.25, 0.3) is 0 Å². The highest BCUT2D eigenvalue weighted by Gasteiger charge is 2.57. The largest absolute Gasteiger partial charge is 0.352 e. The van der Waals surface area contributed by atoms with Gasteiger partial charge in [-0.05, 0) is 30.9 Å². The van der Waals surface area contributed by atoms with E-state index < -0.39 is 9.84 Å². The van der Waals surface area contributed by atoms with Crippen molar-refractivity contribution in [2.45, 2.75) is 56.0 Å². The van der Waals surface area contributed by atoms with E-state index in [1.165, 1.54) is 6.42 Å². The Bertz CT molecular complexity index is 710. The van der Waals surface area contributed by atoms with E-state index in [2.05, 4.69) is 5.32 Å². The molecule has 0 heterocycles. The monoisotopic (exact) mass is 336 g/mol. The van der Waals surface area contributed by atoms with Crippen LogP contribution < -0.4 is 11.1 Å². The van der Waals surface area contributed by atoms with Gasteiger partial charge in [0.2, 0.25) is 5.91 Å². The molecule has 2 fully saturated rings. The van der Waals surface area contributed by atoms with Crippen molar-refractivity contribution in [1.82, 2.24) is 5.32 Å².